The zero-order valence-electron chi connectivity index (χ0n) is 9.91. The van der Waals surface area contributed by atoms with E-state index >= 15 is 0 Å². The number of hydrogen-bond acceptors (Lipinski definition) is 5. The van der Waals surface area contributed by atoms with Gasteiger partial charge in [0, 0.05) is 12.4 Å². The Kier molecular flexibility index (Phi) is 2.40. The fourth-order valence-electron chi connectivity index (χ4n) is 1.86. The van der Waals surface area contributed by atoms with Crippen molar-refractivity contribution in [3.8, 4) is 0 Å². The van der Waals surface area contributed by atoms with E-state index in [9.17, 15) is 0 Å². The lowest BCUT2D eigenvalue weighted by molar-refractivity contribution is 0.775. The summed E-state index contributed by atoms with van der Waals surface area (Å²) in [6.45, 7) is 2.50. The van der Waals surface area contributed by atoms with Crippen molar-refractivity contribution >= 4 is 17.1 Å². The number of aryl methyl sites for hydroxylation is 1. The van der Waals surface area contributed by atoms with Gasteiger partial charge in [-0.1, -0.05) is 0 Å². The molecule has 0 unspecified atom stereocenters. The summed E-state index contributed by atoms with van der Waals surface area (Å²) in [4.78, 5) is 8.67. The monoisotopic (exact) mass is 240 g/mol. The molecule has 6 heteroatoms. The number of fused-ring (bicyclic) bond motifs is 1. The Bertz CT molecular complexity index is 688. The van der Waals surface area contributed by atoms with Gasteiger partial charge in [-0.05, 0) is 30.7 Å². The van der Waals surface area contributed by atoms with Crippen LogP contribution >= 0.6 is 0 Å². The highest BCUT2D eigenvalue weighted by Gasteiger charge is 2.10. The Morgan fingerprint density at radius 1 is 1.39 bits per heavy atom. The first-order valence-electron chi connectivity index (χ1n) is 5.59. The first kappa shape index (κ1) is 10.6. The van der Waals surface area contributed by atoms with E-state index in [0.717, 1.165) is 22.4 Å². The molecule has 0 aromatic carbocycles. The van der Waals surface area contributed by atoms with Crippen LogP contribution in [0, 0.1) is 6.92 Å². The normalized spacial score (nSPS) is 10.9. The predicted molar refractivity (Wildman–Crippen MR) is 67.8 cm³/mol. The topological polar surface area (TPSA) is 82.5 Å². The van der Waals surface area contributed by atoms with Gasteiger partial charge in [0.25, 0.3) is 0 Å². The minimum atomic E-state index is 0.439. The third-order valence-corrected chi connectivity index (χ3v) is 2.70. The Labute approximate surface area is 104 Å². The minimum Gasteiger partial charge on any atom is -0.369 e. The molecule has 0 saturated heterocycles. The highest BCUT2D eigenvalue weighted by molar-refractivity contribution is 5.74. The number of nitrogens with zero attached hydrogens (tertiary/aromatic N) is 5. The van der Waals surface area contributed by atoms with E-state index in [1.54, 1.807) is 12.4 Å². The number of rotatable bonds is 2. The average Bonchev–Trinajstić information content (AvgIpc) is 2.66. The van der Waals surface area contributed by atoms with Crippen LogP contribution in [0.5, 0.6) is 0 Å². The third kappa shape index (κ3) is 1.77. The fraction of sp³-hybridized carbons (Fsp3) is 0.167. The number of imidazole rings is 1. The first-order chi connectivity index (χ1) is 8.74. The molecular formula is C12H12N6. The number of nitrogens with two attached hydrogens (primary N) is 1. The van der Waals surface area contributed by atoms with Gasteiger partial charge in [0.05, 0.1) is 12.2 Å². The van der Waals surface area contributed by atoms with Gasteiger partial charge < -0.3 is 5.73 Å². The maximum Gasteiger partial charge on any atom is 0.202 e. The molecule has 0 amide bonds. The van der Waals surface area contributed by atoms with Crippen molar-refractivity contribution in [1.29, 1.82) is 0 Å². The average molecular weight is 240 g/mol. The largest absolute Gasteiger partial charge is 0.369 e. The lowest BCUT2D eigenvalue weighted by atomic mass is 10.3. The van der Waals surface area contributed by atoms with Crippen LogP contribution in [0.15, 0.2) is 30.6 Å². The van der Waals surface area contributed by atoms with Crippen molar-refractivity contribution in [3.63, 3.8) is 0 Å². The van der Waals surface area contributed by atoms with Crippen LogP contribution in [-0.2, 0) is 6.54 Å². The van der Waals surface area contributed by atoms with Gasteiger partial charge in [0.15, 0.2) is 5.65 Å². The molecule has 2 N–H and O–H groups in total. The molecule has 3 aromatic rings. The van der Waals surface area contributed by atoms with E-state index in [0.29, 0.717) is 12.5 Å². The molecule has 0 saturated carbocycles. The van der Waals surface area contributed by atoms with Gasteiger partial charge in [0.1, 0.15) is 5.52 Å². The third-order valence-electron chi connectivity index (χ3n) is 2.70. The van der Waals surface area contributed by atoms with Gasteiger partial charge in [-0.25, -0.2) is 9.97 Å². The molecule has 3 heterocycles. The van der Waals surface area contributed by atoms with Gasteiger partial charge in [-0.3, -0.25) is 4.57 Å². The molecule has 0 spiro atoms. The molecule has 0 aliphatic carbocycles. The second-order valence-electron chi connectivity index (χ2n) is 4.13. The zero-order chi connectivity index (χ0) is 12.5. The first-order valence-corrected chi connectivity index (χ1v) is 5.59. The molecule has 0 atom stereocenters. The highest BCUT2D eigenvalue weighted by atomic mass is 15.2. The molecule has 3 rings (SSSR count). The van der Waals surface area contributed by atoms with E-state index in [1.807, 2.05) is 29.7 Å². The number of anilines is 1. The molecule has 90 valence electrons. The lowest BCUT2D eigenvalue weighted by Gasteiger charge is -2.04. The maximum atomic E-state index is 5.91. The van der Waals surface area contributed by atoms with Gasteiger partial charge in [0.2, 0.25) is 5.95 Å². The van der Waals surface area contributed by atoms with E-state index in [2.05, 4.69) is 20.2 Å². The molecule has 18 heavy (non-hydrogen) atoms. The summed E-state index contributed by atoms with van der Waals surface area (Å²) in [5, 5.41) is 7.88. The van der Waals surface area contributed by atoms with Crippen LogP contribution in [0.3, 0.4) is 0 Å². The molecule has 0 fully saturated rings. The maximum absolute atomic E-state index is 5.91. The van der Waals surface area contributed by atoms with Crippen molar-refractivity contribution < 1.29 is 0 Å². The van der Waals surface area contributed by atoms with E-state index in [-0.39, 0.29) is 0 Å². The fourth-order valence-corrected chi connectivity index (χ4v) is 1.86. The van der Waals surface area contributed by atoms with Crippen LogP contribution in [0.4, 0.5) is 5.95 Å². The minimum absolute atomic E-state index is 0.439. The molecule has 0 aliphatic heterocycles. The highest BCUT2D eigenvalue weighted by Crippen LogP contribution is 2.17. The van der Waals surface area contributed by atoms with Crippen molar-refractivity contribution in [2.24, 2.45) is 0 Å². The quantitative estimate of drug-likeness (QED) is 0.726. The number of hydrogen-bond donors (Lipinski definition) is 1. The van der Waals surface area contributed by atoms with Gasteiger partial charge in [-0.2, -0.15) is 10.2 Å². The molecular weight excluding hydrogens is 228 g/mol. The SMILES string of the molecule is Cc1cnc2c(c1)nc(N)n2Cc1cccnn1. The van der Waals surface area contributed by atoms with Crippen molar-refractivity contribution in [3.05, 3.63) is 41.9 Å². The summed E-state index contributed by atoms with van der Waals surface area (Å²) in [5.41, 5.74) is 9.37. The number of nitrogen functional groups attached to an aromatic ring is 1. The molecule has 3 aromatic heterocycles. The van der Waals surface area contributed by atoms with Gasteiger partial charge in [-0.15, -0.1) is 0 Å². The standard InChI is InChI=1S/C12H12N6/c1-8-5-10-11(14-6-8)18(12(13)16-10)7-9-3-2-4-15-17-9/h2-6H,7H2,1H3,(H2,13,16). The number of pyridine rings is 1. The van der Waals surface area contributed by atoms with E-state index in [4.69, 9.17) is 5.73 Å². The molecule has 6 nitrogen and oxygen atoms in total. The summed E-state index contributed by atoms with van der Waals surface area (Å²) in [7, 11) is 0. The van der Waals surface area contributed by atoms with Crippen molar-refractivity contribution in [2.45, 2.75) is 13.5 Å². The summed E-state index contributed by atoms with van der Waals surface area (Å²) >= 11 is 0. The number of aromatic nitrogens is 5. The zero-order valence-corrected chi connectivity index (χ0v) is 9.91. The molecule has 0 aliphatic rings. The van der Waals surface area contributed by atoms with Gasteiger partial charge >= 0.3 is 0 Å². The second-order valence-corrected chi connectivity index (χ2v) is 4.13. The Morgan fingerprint density at radius 2 is 2.28 bits per heavy atom. The second kappa shape index (κ2) is 4.06. The summed E-state index contributed by atoms with van der Waals surface area (Å²) in [6.07, 6.45) is 3.44. The smallest absolute Gasteiger partial charge is 0.202 e. The van der Waals surface area contributed by atoms with Crippen LogP contribution in [-0.4, -0.2) is 24.7 Å². The predicted octanol–water partition coefficient (Wildman–Crippen LogP) is 1.16. The Hall–Kier alpha value is -2.50. The lowest BCUT2D eigenvalue weighted by Crippen LogP contribution is -2.07. The molecule has 0 radical (unpaired) electrons. The van der Waals surface area contributed by atoms with Crippen molar-refractivity contribution in [1.82, 2.24) is 24.7 Å². The van der Waals surface area contributed by atoms with E-state index in [1.165, 1.54) is 0 Å². The van der Waals surface area contributed by atoms with Crippen LogP contribution < -0.4 is 5.73 Å². The van der Waals surface area contributed by atoms with Crippen molar-refractivity contribution in [2.75, 3.05) is 5.73 Å². The van der Waals surface area contributed by atoms with Crippen LogP contribution in [0.1, 0.15) is 11.3 Å². The Morgan fingerprint density at radius 3 is 3.06 bits per heavy atom. The summed E-state index contributed by atoms with van der Waals surface area (Å²) in [6, 6.07) is 5.70. The van der Waals surface area contributed by atoms with Crippen LogP contribution in [0.2, 0.25) is 0 Å². The van der Waals surface area contributed by atoms with E-state index < -0.39 is 0 Å². The summed E-state index contributed by atoms with van der Waals surface area (Å²) < 4.78 is 1.83. The van der Waals surface area contributed by atoms with Crippen LogP contribution in [0.25, 0.3) is 11.2 Å². The summed E-state index contributed by atoms with van der Waals surface area (Å²) in [5.74, 6) is 0.439. The Balaban J connectivity index is 2.09. The molecule has 0 bridgehead atoms.